The van der Waals surface area contributed by atoms with E-state index in [-0.39, 0.29) is 51.9 Å². The molecule has 0 aliphatic rings. The van der Waals surface area contributed by atoms with Crippen molar-refractivity contribution < 1.29 is 42.9 Å². The van der Waals surface area contributed by atoms with Crippen LogP contribution in [0.3, 0.4) is 0 Å². The van der Waals surface area contributed by atoms with Crippen LogP contribution in [0.1, 0.15) is 50.2 Å². The zero-order chi connectivity index (χ0) is 50.2. The molecule has 360 valence electrons. The molecular weight excluding hydrogens is 924 g/mol. The monoisotopic (exact) mass is 978 g/mol. The van der Waals surface area contributed by atoms with E-state index in [4.69, 9.17) is 12.9 Å². The van der Waals surface area contributed by atoms with E-state index >= 15 is 0 Å². The SMILES string of the molecule is N#CC(C#N)=C(CS(CCO)(CCO)OB(OCCCC(c1ccccc1)(c1ccccc1)c1ccccc1)OS(CCO)(CCO)CC(C(=O)c1ccccc1)=C(C#N)C#N)C(=O)c1ccccc1. The van der Waals surface area contributed by atoms with Gasteiger partial charge in [-0.05, 0) is 29.5 Å². The van der Waals surface area contributed by atoms with E-state index in [2.05, 4.69) is 36.4 Å². The Morgan fingerprint density at radius 1 is 0.486 bits per heavy atom. The smallest absolute Gasteiger partial charge is 0.395 e. The zero-order valence-corrected chi connectivity index (χ0v) is 40.3. The number of hydrogen-bond acceptors (Lipinski definition) is 13. The molecule has 5 rings (SSSR count). The molecule has 0 fully saturated rings. The normalized spacial score (nSPS) is 11.7. The van der Waals surface area contributed by atoms with Crippen molar-refractivity contribution in [2.45, 2.75) is 18.3 Å². The first-order valence-corrected chi connectivity index (χ1v) is 26.6. The summed E-state index contributed by atoms with van der Waals surface area (Å²) in [5.74, 6) is -2.90. The van der Waals surface area contributed by atoms with Crippen LogP contribution < -0.4 is 0 Å². The standard InChI is InChI=1S/C54H55BN4O9S2/c56-37-45(38-57)50(52(64)43-17-6-1-7-18-43)41-69(33-28-60,34-29-61)67-55(68-70(35-30-62,36-31-63)42-51(46(39-58)40-59)53(65)44-19-8-2-9-20-44)66-32-16-27-54(47-21-10-3-11-22-47,48-23-12-4-13-24-48)49-25-14-5-15-26-49/h1-15,17-26,60-63H,16,27-36,41-42H2. The molecule has 0 radical (unpaired) electrons. The molecule has 13 nitrogen and oxygen atoms in total. The van der Waals surface area contributed by atoms with Gasteiger partial charge in [-0.25, -0.2) is 0 Å². The molecule has 0 saturated heterocycles. The van der Waals surface area contributed by atoms with Crippen molar-refractivity contribution in [3.8, 4) is 24.3 Å². The molecule has 0 spiro atoms. The molecular formula is C54H55BN4O9S2. The number of nitrogens with zero attached hydrogens (tertiary/aromatic N) is 4. The number of nitriles is 4. The Bertz CT molecular complexity index is 2460. The van der Waals surface area contributed by atoms with E-state index in [1.165, 1.54) is 24.3 Å². The van der Waals surface area contributed by atoms with Gasteiger partial charge in [0.25, 0.3) is 0 Å². The largest absolute Gasteiger partial charge is 0.660 e. The van der Waals surface area contributed by atoms with Crippen LogP contribution in [-0.4, -0.2) is 107 Å². The van der Waals surface area contributed by atoms with Crippen LogP contribution in [0.2, 0.25) is 0 Å². The molecule has 70 heavy (non-hydrogen) atoms. The number of rotatable bonds is 28. The highest BCUT2D eigenvalue weighted by Gasteiger charge is 2.43. The molecule has 0 aliphatic heterocycles. The second-order valence-corrected chi connectivity index (χ2v) is 22.4. The second-order valence-electron chi connectivity index (χ2n) is 15.9. The van der Waals surface area contributed by atoms with E-state index in [0.717, 1.165) is 16.7 Å². The van der Waals surface area contributed by atoms with Crippen molar-refractivity contribution in [1.82, 2.24) is 0 Å². The van der Waals surface area contributed by atoms with Crippen LogP contribution in [-0.2, 0) is 18.3 Å². The van der Waals surface area contributed by atoms with E-state index in [1.807, 2.05) is 78.9 Å². The van der Waals surface area contributed by atoms with E-state index < -0.39 is 94.0 Å². The zero-order valence-electron chi connectivity index (χ0n) is 38.6. The van der Waals surface area contributed by atoms with Gasteiger partial charge in [-0.1, -0.05) is 152 Å². The van der Waals surface area contributed by atoms with Crippen LogP contribution in [0.5, 0.6) is 0 Å². The topological polar surface area (TPSA) is 238 Å². The van der Waals surface area contributed by atoms with Crippen molar-refractivity contribution in [1.29, 1.82) is 21.0 Å². The predicted octanol–water partition coefficient (Wildman–Crippen LogP) is 7.70. The average molecular weight is 979 g/mol. The van der Waals surface area contributed by atoms with Crippen molar-refractivity contribution >= 4 is 39.5 Å². The Morgan fingerprint density at radius 2 is 0.786 bits per heavy atom. The van der Waals surface area contributed by atoms with Gasteiger partial charge in [0.1, 0.15) is 35.4 Å². The lowest BCUT2D eigenvalue weighted by molar-refractivity contribution is 0.102. The van der Waals surface area contributed by atoms with E-state index in [0.29, 0.717) is 12.8 Å². The molecule has 0 atom stereocenters. The third-order valence-electron chi connectivity index (χ3n) is 11.7. The van der Waals surface area contributed by atoms with E-state index in [1.54, 1.807) is 36.4 Å². The van der Waals surface area contributed by atoms with Crippen molar-refractivity contribution in [3.63, 3.8) is 0 Å². The van der Waals surface area contributed by atoms with Gasteiger partial charge >= 0.3 is 7.32 Å². The molecule has 0 heterocycles. The summed E-state index contributed by atoms with van der Waals surface area (Å²) in [5.41, 5.74) is 1.25. The highest BCUT2D eigenvalue weighted by atomic mass is 32.3. The highest BCUT2D eigenvalue weighted by molar-refractivity contribution is 8.31. The third kappa shape index (κ3) is 13.8. The van der Waals surface area contributed by atoms with Crippen LogP contribution in [0.15, 0.2) is 174 Å². The van der Waals surface area contributed by atoms with Crippen LogP contribution in [0.4, 0.5) is 0 Å². The van der Waals surface area contributed by atoms with Crippen LogP contribution in [0.25, 0.3) is 0 Å². The van der Waals surface area contributed by atoms with Crippen LogP contribution in [0, 0.1) is 45.3 Å². The molecule has 5 aromatic carbocycles. The van der Waals surface area contributed by atoms with Gasteiger partial charge in [0, 0.05) is 68.8 Å². The molecule has 0 aliphatic carbocycles. The van der Waals surface area contributed by atoms with Crippen molar-refractivity contribution in [3.05, 3.63) is 202 Å². The average Bonchev–Trinajstić information content (AvgIpc) is 3.40. The number of allylic oxidation sites excluding steroid dienone is 2. The van der Waals surface area contributed by atoms with Gasteiger partial charge in [-0.3, -0.25) is 9.59 Å². The number of aliphatic hydroxyl groups is 4. The highest BCUT2D eigenvalue weighted by Crippen LogP contribution is 2.56. The molecule has 0 amide bonds. The molecule has 0 aromatic heterocycles. The summed E-state index contributed by atoms with van der Waals surface area (Å²) in [6, 6.07) is 53.4. The Morgan fingerprint density at radius 3 is 1.07 bits per heavy atom. The van der Waals surface area contributed by atoms with Gasteiger partial charge in [-0.2, -0.15) is 21.0 Å². The molecule has 0 bridgehead atoms. The maximum atomic E-state index is 14.2. The molecule has 0 unspecified atom stereocenters. The predicted molar refractivity (Wildman–Crippen MR) is 273 cm³/mol. The van der Waals surface area contributed by atoms with Crippen molar-refractivity contribution in [2.75, 3.05) is 67.6 Å². The summed E-state index contributed by atoms with van der Waals surface area (Å²) < 4.78 is 20.4. The van der Waals surface area contributed by atoms with Crippen molar-refractivity contribution in [2.24, 2.45) is 0 Å². The van der Waals surface area contributed by atoms with Gasteiger partial charge in [0.15, 0.2) is 11.6 Å². The summed E-state index contributed by atoms with van der Waals surface area (Å²) in [6.45, 7) is -2.20. The first kappa shape index (κ1) is 54.3. The summed E-state index contributed by atoms with van der Waals surface area (Å²) in [4.78, 5) is 28.4. The summed E-state index contributed by atoms with van der Waals surface area (Å²) in [6.07, 6.45) is 0.828. The Hall–Kier alpha value is -6.64. The quantitative estimate of drug-likeness (QED) is 0.00940. The van der Waals surface area contributed by atoms with Gasteiger partial charge in [-0.15, -0.1) is 20.6 Å². The first-order valence-electron chi connectivity index (χ1n) is 22.5. The molecule has 0 saturated carbocycles. The fourth-order valence-electron chi connectivity index (χ4n) is 8.32. The second kappa shape index (κ2) is 27.5. The Labute approximate surface area is 413 Å². The number of ketones is 2. The van der Waals surface area contributed by atoms with Crippen LogP contribution >= 0.6 is 20.6 Å². The number of aliphatic hydroxyl groups excluding tert-OH is 4. The minimum absolute atomic E-state index is 0.0684. The van der Waals surface area contributed by atoms with Gasteiger partial charge in [0.2, 0.25) is 0 Å². The minimum Gasteiger partial charge on any atom is -0.395 e. The summed E-state index contributed by atoms with van der Waals surface area (Å²) in [5, 5.41) is 83.4. The summed E-state index contributed by atoms with van der Waals surface area (Å²) >= 11 is 0. The molecule has 4 N–H and O–H groups in total. The molecule has 16 heteroatoms. The number of benzene rings is 5. The first-order chi connectivity index (χ1) is 34.1. The fraction of sp³-hybridized carbons (Fsp3) is 0.259. The Balaban J connectivity index is 1.66. The van der Waals surface area contributed by atoms with Gasteiger partial charge in [0.05, 0.1) is 26.4 Å². The Kier molecular flexibility index (Phi) is 21.4. The van der Waals surface area contributed by atoms with Gasteiger partial charge < -0.3 is 33.3 Å². The lowest BCUT2D eigenvalue weighted by Crippen LogP contribution is -2.38. The van der Waals surface area contributed by atoms with E-state index in [9.17, 15) is 51.1 Å². The lowest BCUT2D eigenvalue weighted by Gasteiger charge is -2.45. The number of Topliss-reactive ketones (excluding diaryl/α,β-unsaturated/α-hetero) is 2. The fourth-order valence-corrected chi connectivity index (χ4v) is 13.7. The number of carbonyl (C=O) groups excluding carboxylic acids is 2. The maximum absolute atomic E-state index is 14.2. The summed E-state index contributed by atoms with van der Waals surface area (Å²) in [7, 11) is -7.88. The lowest BCUT2D eigenvalue weighted by atomic mass is 9.67. The maximum Gasteiger partial charge on any atom is 0.660 e. The number of carbonyl (C=O) groups is 2. The number of hydrogen-bond donors (Lipinski definition) is 4. The minimum atomic E-state index is -3.05. The third-order valence-corrected chi connectivity index (χ3v) is 18.1. The molecule has 5 aromatic rings.